The number of rotatable bonds is 5. The van der Waals surface area contributed by atoms with Crippen LogP contribution in [0.1, 0.15) is 17.2 Å². The maximum absolute atomic E-state index is 12.0. The molecular weight excluding hydrogens is 309 g/mol. The van der Waals surface area contributed by atoms with Gasteiger partial charge in [-0.1, -0.05) is 47.5 Å². The lowest BCUT2D eigenvalue weighted by Crippen LogP contribution is -2.31. The van der Waals surface area contributed by atoms with Crippen LogP contribution < -0.4 is 5.32 Å². The highest BCUT2D eigenvalue weighted by Gasteiger charge is 2.14. The van der Waals surface area contributed by atoms with Gasteiger partial charge in [0.25, 0.3) is 0 Å². The zero-order valence-electron chi connectivity index (χ0n) is 11.2. The summed E-state index contributed by atoms with van der Waals surface area (Å²) < 4.78 is 0. The minimum atomic E-state index is -0.450. The number of amides is 1. The first-order chi connectivity index (χ1) is 10.1. The molecule has 2 N–H and O–H groups in total. The second-order valence-electron chi connectivity index (χ2n) is 4.66. The minimum absolute atomic E-state index is 0.175. The van der Waals surface area contributed by atoms with E-state index in [0.29, 0.717) is 10.0 Å². The van der Waals surface area contributed by atoms with Crippen molar-refractivity contribution >= 4 is 29.1 Å². The molecule has 5 heteroatoms. The summed E-state index contributed by atoms with van der Waals surface area (Å²) in [6, 6.07) is 13.7. The zero-order valence-corrected chi connectivity index (χ0v) is 12.7. The van der Waals surface area contributed by atoms with Gasteiger partial charge in [0.15, 0.2) is 0 Å². The van der Waals surface area contributed by atoms with Gasteiger partial charge in [0, 0.05) is 10.0 Å². The Morgan fingerprint density at radius 1 is 1.10 bits per heavy atom. The maximum Gasteiger partial charge on any atom is 0.224 e. The molecule has 0 radical (unpaired) electrons. The van der Waals surface area contributed by atoms with E-state index in [0.717, 1.165) is 11.1 Å². The molecule has 2 rings (SSSR count). The summed E-state index contributed by atoms with van der Waals surface area (Å²) in [7, 11) is 0. The summed E-state index contributed by atoms with van der Waals surface area (Å²) in [6.07, 6.45) is 0.213. The summed E-state index contributed by atoms with van der Waals surface area (Å²) >= 11 is 11.7. The molecule has 0 saturated carbocycles. The Morgan fingerprint density at radius 2 is 1.81 bits per heavy atom. The predicted molar refractivity (Wildman–Crippen MR) is 84.6 cm³/mol. The first kappa shape index (κ1) is 15.8. The molecule has 2 aromatic carbocycles. The average molecular weight is 324 g/mol. The van der Waals surface area contributed by atoms with Crippen LogP contribution in [0.15, 0.2) is 48.5 Å². The molecule has 1 amide bonds. The van der Waals surface area contributed by atoms with E-state index in [2.05, 4.69) is 5.32 Å². The third-order valence-electron chi connectivity index (χ3n) is 3.04. The number of halogens is 2. The molecule has 1 atom stereocenters. The van der Waals surface area contributed by atoms with E-state index in [-0.39, 0.29) is 18.9 Å². The van der Waals surface area contributed by atoms with Crippen LogP contribution in [-0.4, -0.2) is 17.6 Å². The lowest BCUT2D eigenvalue weighted by atomic mass is 10.1. The molecule has 110 valence electrons. The fraction of sp³-hybridized carbons (Fsp3) is 0.188. The molecule has 21 heavy (non-hydrogen) atoms. The van der Waals surface area contributed by atoms with Crippen molar-refractivity contribution in [1.82, 2.24) is 5.32 Å². The summed E-state index contributed by atoms with van der Waals surface area (Å²) in [4.78, 5) is 12.0. The number of hydrogen-bond acceptors (Lipinski definition) is 2. The lowest BCUT2D eigenvalue weighted by molar-refractivity contribution is -0.121. The van der Waals surface area contributed by atoms with Crippen LogP contribution in [0.3, 0.4) is 0 Å². The van der Waals surface area contributed by atoms with Crippen LogP contribution in [0.2, 0.25) is 10.0 Å². The van der Waals surface area contributed by atoms with Crippen molar-refractivity contribution in [1.29, 1.82) is 0 Å². The first-order valence-corrected chi connectivity index (χ1v) is 7.24. The Balaban J connectivity index is 2.01. The normalized spacial score (nSPS) is 12.0. The van der Waals surface area contributed by atoms with Gasteiger partial charge in [-0.25, -0.2) is 0 Å². The molecule has 0 aliphatic heterocycles. The second kappa shape index (κ2) is 7.46. The number of benzene rings is 2. The van der Waals surface area contributed by atoms with E-state index < -0.39 is 6.04 Å². The SMILES string of the molecule is O=C(Cc1cccc(Cl)c1)NC(CO)c1ccc(Cl)cc1. The van der Waals surface area contributed by atoms with Crippen LogP contribution >= 0.6 is 23.2 Å². The van der Waals surface area contributed by atoms with E-state index in [1.54, 1.807) is 42.5 Å². The van der Waals surface area contributed by atoms with E-state index in [9.17, 15) is 9.90 Å². The lowest BCUT2D eigenvalue weighted by Gasteiger charge is -2.17. The highest BCUT2D eigenvalue weighted by molar-refractivity contribution is 6.30. The highest BCUT2D eigenvalue weighted by atomic mass is 35.5. The van der Waals surface area contributed by atoms with Gasteiger partial charge in [0.05, 0.1) is 19.1 Å². The van der Waals surface area contributed by atoms with Crippen molar-refractivity contribution in [3.05, 3.63) is 69.7 Å². The maximum atomic E-state index is 12.0. The molecule has 3 nitrogen and oxygen atoms in total. The number of aliphatic hydroxyl groups excluding tert-OH is 1. The van der Waals surface area contributed by atoms with Crippen molar-refractivity contribution < 1.29 is 9.90 Å². The van der Waals surface area contributed by atoms with Crippen molar-refractivity contribution in [3.8, 4) is 0 Å². The molecular formula is C16H15Cl2NO2. The Labute approximate surface area is 133 Å². The molecule has 0 saturated heterocycles. The largest absolute Gasteiger partial charge is 0.394 e. The Kier molecular flexibility index (Phi) is 5.62. The minimum Gasteiger partial charge on any atom is -0.394 e. The standard InChI is InChI=1S/C16H15Cl2NO2/c17-13-6-4-12(5-7-13)15(10-20)19-16(21)9-11-2-1-3-14(18)8-11/h1-8,15,20H,9-10H2,(H,19,21). The zero-order chi connectivity index (χ0) is 15.2. The van der Waals surface area contributed by atoms with Crippen LogP contribution in [-0.2, 0) is 11.2 Å². The molecule has 0 heterocycles. The first-order valence-electron chi connectivity index (χ1n) is 6.48. The third-order valence-corrected chi connectivity index (χ3v) is 3.53. The Morgan fingerprint density at radius 3 is 2.43 bits per heavy atom. The van der Waals surface area contributed by atoms with Gasteiger partial charge in [-0.2, -0.15) is 0 Å². The number of carbonyl (C=O) groups excluding carboxylic acids is 1. The molecule has 2 aromatic rings. The van der Waals surface area contributed by atoms with E-state index >= 15 is 0 Å². The van der Waals surface area contributed by atoms with Gasteiger partial charge in [-0.05, 0) is 35.4 Å². The summed E-state index contributed by atoms with van der Waals surface area (Å²) in [5, 5.41) is 13.4. The van der Waals surface area contributed by atoms with Crippen LogP contribution in [0.5, 0.6) is 0 Å². The molecule has 0 fully saturated rings. The molecule has 0 bridgehead atoms. The number of nitrogens with one attached hydrogen (secondary N) is 1. The van der Waals surface area contributed by atoms with Crippen LogP contribution in [0, 0.1) is 0 Å². The molecule has 1 unspecified atom stereocenters. The summed E-state index contributed by atoms with van der Waals surface area (Å²) in [6.45, 7) is -0.178. The topological polar surface area (TPSA) is 49.3 Å². The fourth-order valence-electron chi connectivity index (χ4n) is 2.01. The number of carbonyl (C=O) groups is 1. The van der Waals surface area contributed by atoms with Gasteiger partial charge < -0.3 is 10.4 Å². The number of aliphatic hydroxyl groups is 1. The molecule has 0 aliphatic carbocycles. The Hall–Kier alpha value is -1.55. The van der Waals surface area contributed by atoms with E-state index in [1.165, 1.54) is 0 Å². The van der Waals surface area contributed by atoms with Crippen LogP contribution in [0.4, 0.5) is 0 Å². The van der Waals surface area contributed by atoms with E-state index in [4.69, 9.17) is 23.2 Å². The van der Waals surface area contributed by atoms with Gasteiger partial charge in [-0.3, -0.25) is 4.79 Å². The van der Waals surface area contributed by atoms with Crippen molar-refractivity contribution in [2.45, 2.75) is 12.5 Å². The second-order valence-corrected chi connectivity index (χ2v) is 5.53. The van der Waals surface area contributed by atoms with Crippen molar-refractivity contribution in [2.75, 3.05) is 6.61 Å². The predicted octanol–water partition coefficient (Wildman–Crippen LogP) is 3.39. The van der Waals surface area contributed by atoms with Gasteiger partial charge in [-0.15, -0.1) is 0 Å². The fourth-order valence-corrected chi connectivity index (χ4v) is 2.35. The summed E-state index contributed by atoms with van der Waals surface area (Å²) in [5.41, 5.74) is 1.63. The molecule has 0 aliphatic rings. The highest BCUT2D eigenvalue weighted by Crippen LogP contribution is 2.17. The average Bonchev–Trinajstić information content (AvgIpc) is 2.46. The smallest absolute Gasteiger partial charge is 0.224 e. The number of hydrogen-bond donors (Lipinski definition) is 2. The third kappa shape index (κ3) is 4.74. The van der Waals surface area contributed by atoms with Gasteiger partial charge in [0.2, 0.25) is 5.91 Å². The summed E-state index contributed by atoms with van der Waals surface area (Å²) in [5.74, 6) is -0.175. The quantitative estimate of drug-likeness (QED) is 0.886. The van der Waals surface area contributed by atoms with Gasteiger partial charge >= 0.3 is 0 Å². The monoisotopic (exact) mass is 323 g/mol. The van der Waals surface area contributed by atoms with E-state index in [1.807, 2.05) is 6.07 Å². The van der Waals surface area contributed by atoms with Crippen LogP contribution in [0.25, 0.3) is 0 Å². The van der Waals surface area contributed by atoms with Gasteiger partial charge in [0.1, 0.15) is 0 Å². The molecule has 0 aromatic heterocycles. The van der Waals surface area contributed by atoms with Crippen molar-refractivity contribution in [3.63, 3.8) is 0 Å². The molecule has 0 spiro atoms. The van der Waals surface area contributed by atoms with Crippen molar-refractivity contribution in [2.24, 2.45) is 0 Å². The Bertz CT molecular complexity index is 614.